The summed E-state index contributed by atoms with van der Waals surface area (Å²) in [6.45, 7) is 5.13. The lowest BCUT2D eigenvalue weighted by Gasteiger charge is -2.34. The summed E-state index contributed by atoms with van der Waals surface area (Å²) in [4.78, 5) is 13.5. The maximum Gasteiger partial charge on any atom is 0.239 e. The third kappa shape index (κ3) is 1.77. The topological polar surface area (TPSA) is 55.6 Å². The van der Waals surface area contributed by atoms with Gasteiger partial charge in [-0.1, -0.05) is 0 Å². The van der Waals surface area contributed by atoms with E-state index in [-0.39, 0.29) is 11.9 Å². The van der Waals surface area contributed by atoms with E-state index in [1.165, 1.54) is 0 Å². The lowest BCUT2D eigenvalue weighted by Crippen LogP contribution is -2.48. The molecule has 14 heavy (non-hydrogen) atoms. The van der Waals surface area contributed by atoms with Gasteiger partial charge in [0.15, 0.2) is 0 Å². The monoisotopic (exact) mass is 198 g/mol. The van der Waals surface area contributed by atoms with E-state index in [0.29, 0.717) is 11.8 Å². The molecule has 0 aliphatic carbocycles. The molecular formula is C10H18N2O2. The highest BCUT2D eigenvalue weighted by Crippen LogP contribution is 2.29. The van der Waals surface area contributed by atoms with Crippen LogP contribution in [0.15, 0.2) is 0 Å². The van der Waals surface area contributed by atoms with E-state index in [1.54, 1.807) is 6.92 Å². The largest absolute Gasteiger partial charge is 0.381 e. The first kappa shape index (κ1) is 9.93. The van der Waals surface area contributed by atoms with Crippen LogP contribution in [0, 0.1) is 11.8 Å². The van der Waals surface area contributed by atoms with Gasteiger partial charge in [0.2, 0.25) is 5.91 Å². The summed E-state index contributed by atoms with van der Waals surface area (Å²) in [6, 6.07) is -0.367. The van der Waals surface area contributed by atoms with Gasteiger partial charge in [0.25, 0.3) is 0 Å². The number of likely N-dealkylation sites (tertiary alicyclic amines) is 1. The highest BCUT2D eigenvalue weighted by atomic mass is 16.5. The lowest BCUT2D eigenvalue weighted by molar-refractivity contribution is -0.134. The molecule has 2 heterocycles. The molecule has 0 saturated carbocycles. The van der Waals surface area contributed by atoms with E-state index in [9.17, 15) is 4.79 Å². The number of carbonyl (C=O) groups is 1. The number of amides is 1. The number of nitrogens with zero attached hydrogens (tertiary/aromatic N) is 1. The molecular weight excluding hydrogens is 180 g/mol. The van der Waals surface area contributed by atoms with Crippen LogP contribution in [0.25, 0.3) is 0 Å². The third-order valence-corrected chi connectivity index (χ3v) is 3.26. The second-order valence-corrected chi connectivity index (χ2v) is 4.42. The fourth-order valence-corrected chi connectivity index (χ4v) is 2.35. The quantitative estimate of drug-likeness (QED) is 0.636. The Hall–Kier alpha value is -0.610. The van der Waals surface area contributed by atoms with Gasteiger partial charge in [-0.25, -0.2) is 0 Å². The number of hydrogen-bond donors (Lipinski definition) is 1. The Labute approximate surface area is 84.4 Å². The number of carbonyl (C=O) groups excluding carboxylic acids is 1. The Bertz CT molecular complexity index is 230. The first-order chi connectivity index (χ1) is 6.68. The Morgan fingerprint density at radius 3 is 2.93 bits per heavy atom. The van der Waals surface area contributed by atoms with Gasteiger partial charge in [-0.3, -0.25) is 4.79 Å². The van der Waals surface area contributed by atoms with Gasteiger partial charge in [-0.05, 0) is 19.3 Å². The predicted octanol–water partition coefficient (Wildman–Crippen LogP) is -0.171. The van der Waals surface area contributed by atoms with Crippen LogP contribution in [-0.2, 0) is 9.53 Å². The van der Waals surface area contributed by atoms with Gasteiger partial charge in [0.05, 0.1) is 12.6 Å². The van der Waals surface area contributed by atoms with Gasteiger partial charge in [-0.2, -0.15) is 0 Å². The minimum atomic E-state index is -0.367. The van der Waals surface area contributed by atoms with Gasteiger partial charge < -0.3 is 15.4 Å². The first-order valence-electron chi connectivity index (χ1n) is 5.30. The van der Waals surface area contributed by atoms with Crippen molar-refractivity contribution < 1.29 is 9.53 Å². The summed E-state index contributed by atoms with van der Waals surface area (Å²) in [5, 5.41) is 0. The van der Waals surface area contributed by atoms with E-state index in [4.69, 9.17) is 10.5 Å². The highest BCUT2D eigenvalue weighted by molar-refractivity contribution is 5.81. The fourth-order valence-electron chi connectivity index (χ4n) is 2.35. The normalized spacial score (nSPS) is 34.0. The van der Waals surface area contributed by atoms with Crippen LogP contribution in [0.2, 0.25) is 0 Å². The van der Waals surface area contributed by atoms with Crippen LogP contribution in [-0.4, -0.2) is 43.2 Å². The van der Waals surface area contributed by atoms with Gasteiger partial charge >= 0.3 is 0 Å². The summed E-state index contributed by atoms with van der Waals surface area (Å²) in [7, 11) is 0. The molecule has 2 fully saturated rings. The molecule has 80 valence electrons. The molecule has 0 bridgehead atoms. The molecule has 2 aliphatic rings. The third-order valence-electron chi connectivity index (χ3n) is 3.26. The molecule has 4 nitrogen and oxygen atoms in total. The minimum absolute atomic E-state index is 0.0790. The number of rotatable bonds is 1. The van der Waals surface area contributed by atoms with Crippen LogP contribution in [0.4, 0.5) is 0 Å². The van der Waals surface area contributed by atoms with Crippen molar-refractivity contribution in [3.63, 3.8) is 0 Å². The van der Waals surface area contributed by atoms with Gasteiger partial charge in [0.1, 0.15) is 0 Å². The maximum absolute atomic E-state index is 11.6. The molecule has 3 atom stereocenters. The van der Waals surface area contributed by atoms with E-state index in [0.717, 1.165) is 32.7 Å². The van der Waals surface area contributed by atoms with Crippen LogP contribution >= 0.6 is 0 Å². The van der Waals surface area contributed by atoms with Gasteiger partial charge in [0, 0.05) is 25.6 Å². The Balaban J connectivity index is 1.94. The SMILES string of the molecule is C[C@H](N)C(=O)N1CC[C@H]2COC[C@@H]2C1. The molecule has 2 aliphatic heterocycles. The zero-order valence-corrected chi connectivity index (χ0v) is 8.61. The molecule has 0 aromatic rings. The van der Waals surface area contributed by atoms with Crippen molar-refractivity contribution in [3.05, 3.63) is 0 Å². The smallest absolute Gasteiger partial charge is 0.239 e. The van der Waals surface area contributed by atoms with Crippen LogP contribution in [0.3, 0.4) is 0 Å². The zero-order valence-electron chi connectivity index (χ0n) is 8.61. The van der Waals surface area contributed by atoms with E-state index < -0.39 is 0 Å². The number of ether oxygens (including phenoxy) is 1. The maximum atomic E-state index is 11.6. The molecule has 1 amide bonds. The van der Waals surface area contributed by atoms with Crippen molar-refractivity contribution in [2.45, 2.75) is 19.4 Å². The second kappa shape index (κ2) is 3.87. The molecule has 0 unspecified atom stereocenters. The summed E-state index contributed by atoms with van der Waals surface area (Å²) >= 11 is 0. The number of hydrogen-bond acceptors (Lipinski definition) is 3. The zero-order chi connectivity index (χ0) is 10.1. The number of nitrogens with two attached hydrogens (primary N) is 1. The summed E-state index contributed by atoms with van der Waals surface area (Å²) in [5.41, 5.74) is 5.58. The fraction of sp³-hybridized carbons (Fsp3) is 0.900. The molecule has 2 N–H and O–H groups in total. The highest BCUT2D eigenvalue weighted by Gasteiger charge is 2.35. The van der Waals surface area contributed by atoms with E-state index >= 15 is 0 Å². The summed E-state index contributed by atoms with van der Waals surface area (Å²) in [6.07, 6.45) is 1.07. The molecule has 0 radical (unpaired) electrons. The molecule has 2 saturated heterocycles. The van der Waals surface area contributed by atoms with Crippen molar-refractivity contribution in [1.29, 1.82) is 0 Å². The van der Waals surface area contributed by atoms with Crippen LogP contribution in [0.5, 0.6) is 0 Å². The van der Waals surface area contributed by atoms with E-state index in [1.807, 2.05) is 4.90 Å². The van der Waals surface area contributed by atoms with Gasteiger partial charge in [-0.15, -0.1) is 0 Å². The molecule has 0 spiro atoms. The van der Waals surface area contributed by atoms with Crippen LogP contribution < -0.4 is 5.73 Å². The summed E-state index contributed by atoms with van der Waals surface area (Å²) in [5.74, 6) is 1.30. The van der Waals surface area contributed by atoms with Crippen molar-refractivity contribution in [3.8, 4) is 0 Å². The molecule has 0 aromatic carbocycles. The first-order valence-corrected chi connectivity index (χ1v) is 5.30. The van der Waals surface area contributed by atoms with E-state index in [2.05, 4.69) is 0 Å². The molecule has 4 heteroatoms. The van der Waals surface area contributed by atoms with Crippen LogP contribution in [0.1, 0.15) is 13.3 Å². The number of fused-ring (bicyclic) bond motifs is 1. The molecule has 2 rings (SSSR count). The van der Waals surface area contributed by atoms with Crippen molar-refractivity contribution >= 4 is 5.91 Å². The number of piperidine rings is 1. The second-order valence-electron chi connectivity index (χ2n) is 4.42. The summed E-state index contributed by atoms with van der Waals surface area (Å²) < 4.78 is 5.41. The average Bonchev–Trinajstić information content (AvgIpc) is 2.62. The lowest BCUT2D eigenvalue weighted by atomic mass is 9.88. The molecule has 0 aromatic heterocycles. The standard InChI is InChI=1S/C10H18N2O2/c1-7(11)10(13)12-3-2-8-5-14-6-9(8)4-12/h7-9H,2-6,11H2,1H3/t7-,8-,9-/m0/s1. The predicted molar refractivity (Wildman–Crippen MR) is 52.6 cm³/mol. The Morgan fingerprint density at radius 1 is 1.50 bits per heavy atom. The Morgan fingerprint density at radius 2 is 2.21 bits per heavy atom. The van der Waals surface area contributed by atoms with Crippen molar-refractivity contribution in [1.82, 2.24) is 4.90 Å². The average molecular weight is 198 g/mol. The Kier molecular flexibility index (Phi) is 2.74. The van der Waals surface area contributed by atoms with Crippen molar-refractivity contribution in [2.75, 3.05) is 26.3 Å². The van der Waals surface area contributed by atoms with Crippen molar-refractivity contribution in [2.24, 2.45) is 17.6 Å². The minimum Gasteiger partial charge on any atom is -0.381 e.